The van der Waals surface area contributed by atoms with Crippen LogP contribution in [0.15, 0.2) is 36.5 Å². The molecule has 46 heavy (non-hydrogen) atoms. The van der Waals surface area contributed by atoms with E-state index in [0.29, 0.717) is 64.4 Å². The highest BCUT2D eigenvalue weighted by Crippen LogP contribution is 2.51. The van der Waals surface area contributed by atoms with Gasteiger partial charge in [-0.15, -0.1) is 0 Å². The van der Waals surface area contributed by atoms with Gasteiger partial charge in [-0.3, -0.25) is 9.88 Å². The number of rotatable bonds is 6. The number of hydrogen-bond acceptors (Lipinski definition) is 9. The van der Waals surface area contributed by atoms with Gasteiger partial charge in [0.25, 0.3) is 0 Å². The summed E-state index contributed by atoms with van der Waals surface area (Å²) in [6, 6.07) is 9.69. The second-order valence-electron chi connectivity index (χ2n) is 13.9. The van der Waals surface area contributed by atoms with Crippen molar-refractivity contribution in [3.8, 4) is 23.0 Å². The fraction of sp³-hybridized carbons (Fsp3) is 0.514. The third kappa shape index (κ3) is 5.33. The number of hydrogen-bond donors (Lipinski definition) is 2. The van der Waals surface area contributed by atoms with Crippen LogP contribution in [0.4, 0.5) is 10.2 Å². The number of likely N-dealkylation sites (tertiary alicyclic amines) is 1. The van der Waals surface area contributed by atoms with E-state index in [-0.39, 0.29) is 41.5 Å². The second-order valence-corrected chi connectivity index (χ2v) is 14.4. The zero-order valence-corrected chi connectivity index (χ0v) is 26.8. The topological polar surface area (TPSA) is 104 Å². The van der Waals surface area contributed by atoms with Gasteiger partial charge >= 0.3 is 6.01 Å². The molecule has 4 fully saturated rings. The van der Waals surface area contributed by atoms with Crippen molar-refractivity contribution in [1.82, 2.24) is 19.9 Å². The Balaban J connectivity index is 1.24. The van der Waals surface area contributed by atoms with Crippen LogP contribution in [-0.2, 0) is 4.74 Å². The van der Waals surface area contributed by atoms with Crippen molar-refractivity contribution >= 4 is 39.1 Å². The number of phenols is 1. The van der Waals surface area contributed by atoms with E-state index in [1.807, 2.05) is 11.0 Å². The van der Waals surface area contributed by atoms with Crippen molar-refractivity contribution in [3.05, 3.63) is 47.4 Å². The largest absolute Gasteiger partial charge is 0.508 e. The molecule has 3 atom stereocenters. The van der Waals surface area contributed by atoms with Crippen LogP contribution in [0.3, 0.4) is 0 Å². The monoisotopic (exact) mass is 647 g/mol. The lowest BCUT2D eigenvalue weighted by Crippen LogP contribution is -2.52. The normalized spacial score (nSPS) is 27.2. The first-order valence-corrected chi connectivity index (χ1v) is 16.8. The standard InChI is InChI=1S/C35H39ClFN5O4/c1-34(44)18-41(13-14-45-19-34)32-25-17-38-30(24-16-23(43)15-21-5-2-6-26(36)28(21)24)29(37)31(25)39-33(40-32)46-20-35-10-3-7-27(35)42(12-4-11-35)22-8-9-22/h2,5-6,15-17,22,27,43-44H,3-4,7-14,18-20H2,1H3/t27-,34+,35-/m1/s1. The van der Waals surface area contributed by atoms with Gasteiger partial charge in [-0.1, -0.05) is 30.2 Å². The van der Waals surface area contributed by atoms with E-state index in [9.17, 15) is 10.2 Å². The smallest absolute Gasteiger partial charge is 0.319 e. The van der Waals surface area contributed by atoms with Crippen molar-refractivity contribution in [2.24, 2.45) is 5.41 Å². The van der Waals surface area contributed by atoms with Gasteiger partial charge in [0.15, 0.2) is 5.82 Å². The fourth-order valence-corrected chi connectivity index (χ4v) is 8.53. The number of benzene rings is 2. The molecule has 2 aromatic carbocycles. The third-order valence-electron chi connectivity index (χ3n) is 10.4. The quantitative estimate of drug-likeness (QED) is 0.257. The number of fused-ring (bicyclic) bond motifs is 3. The number of piperidine rings is 1. The second kappa shape index (κ2) is 11.4. The fourth-order valence-electron chi connectivity index (χ4n) is 8.24. The predicted molar refractivity (Wildman–Crippen MR) is 175 cm³/mol. The molecule has 242 valence electrons. The van der Waals surface area contributed by atoms with Crippen LogP contribution in [-0.4, -0.2) is 87.2 Å². The molecule has 8 rings (SSSR count). The summed E-state index contributed by atoms with van der Waals surface area (Å²) in [6.07, 6.45) is 9.81. The number of aromatic hydroxyl groups is 1. The third-order valence-corrected chi connectivity index (χ3v) is 10.7. The summed E-state index contributed by atoms with van der Waals surface area (Å²) < 4.78 is 29.0. The lowest BCUT2D eigenvalue weighted by Gasteiger charge is -2.46. The first-order chi connectivity index (χ1) is 22.2. The van der Waals surface area contributed by atoms with E-state index >= 15 is 4.39 Å². The number of ether oxygens (including phenoxy) is 2. The SMILES string of the molecule is C[C@@]1(O)COCCN(c2nc(OC[C@]34CCC[C@H]3N(C3CC3)CCC4)nc3c(F)c(-c4cc(O)cc5cccc(Cl)c45)ncc23)C1. The van der Waals surface area contributed by atoms with Gasteiger partial charge in [0.05, 0.1) is 31.8 Å². The maximum absolute atomic E-state index is 16.8. The Kier molecular flexibility index (Phi) is 7.47. The molecule has 4 heterocycles. The van der Waals surface area contributed by atoms with E-state index in [1.54, 1.807) is 31.3 Å². The minimum Gasteiger partial charge on any atom is -0.508 e. The minimum absolute atomic E-state index is 0.0186. The van der Waals surface area contributed by atoms with Crippen LogP contribution in [0.1, 0.15) is 51.9 Å². The summed E-state index contributed by atoms with van der Waals surface area (Å²) >= 11 is 6.60. The van der Waals surface area contributed by atoms with E-state index in [0.717, 1.165) is 25.8 Å². The molecular weight excluding hydrogens is 609 g/mol. The Morgan fingerprint density at radius 2 is 1.98 bits per heavy atom. The maximum Gasteiger partial charge on any atom is 0.319 e. The zero-order valence-electron chi connectivity index (χ0n) is 26.0. The van der Waals surface area contributed by atoms with Gasteiger partial charge in [-0.05, 0) is 75.6 Å². The number of aromatic nitrogens is 3. The highest BCUT2D eigenvalue weighted by atomic mass is 35.5. The van der Waals surface area contributed by atoms with Crippen molar-refractivity contribution < 1.29 is 24.1 Å². The van der Waals surface area contributed by atoms with Gasteiger partial charge in [0.1, 0.15) is 28.4 Å². The van der Waals surface area contributed by atoms with Crippen LogP contribution in [0.5, 0.6) is 11.8 Å². The Bertz CT molecular complexity index is 1820. The molecule has 2 aliphatic carbocycles. The van der Waals surface area contributed by atoms with E-state index in [2.05, 4.69) is 14.9 Å². The lowest BCUT2D eigenvalue weighted by atomic mass is 9.75. The average Bonchev–Trinajstić information content (AvgIpc) is 3.81. The minimum atomic E-state index is -1.14. The molecule has 2 saturated heterocycles. The van der Waals surface area contributed by atoms with Gasteiger partial charge < -0.3 is 24.6 Å². The average molecular weight is 648 g/mol. The summed E-state index contributed by atoms with van der Waals surface area (Å²) in [5.41, 5.74) is -0.669. The van der Waals surface area contributed by atoms with Crippen LogP contribution in [0, 0.1) is 11.2 Å². The molecule has 0 unspecified atom stereocenters. The zero-order chi connectivity index (χ0) is 31.6. The number of aliphatic hydroxyl groups is 1. The molecule has 2 N–H and O–H groups in total. The van der Waals surface area contributed by atoms with Crippen LogP contribution >= 0.6 is 11.6 Å². The molecule has 4 aliphatic rings. The highest BCUT2D eigenvalue weighted by molar-refractivity contribution is 6.36. The van der Waals surface area contributed by atoms with Crippen LogP contribution in [0.25, 0.3) is 32.9 Å². The predicted octanol–water partition coefficient (Wildman–Crippen LogP) is 6.11. The van der Waals surface area contributed by atoms with Crippen molar-refractivity contribution in [3.63, 3.8) is 0 Å². The summed E-state index contributed by atoms with van der Waals surface area (Å²) in [4.78, 5) is 18.7. The summed E-state index contributed by atoms with van der Waals surface area (Å²) in [5.74, 6) is -0.250. The Labute approximate surface area is 272 Å². The number of nitrogens with zero attached hydrogens (tertiary/aromatic N) is 5. The maximum atomic E-state index is 16.8. The Morgan fingerprint density at radius 1 is 1.13 bits per heavy atom. The van der Waals surface area contributed by atoms with Crippen molar-refractivity contribution in [2.75, 3.05) is 44.4 Å². The number of phenolic OH excluding ortho intramolecular Hbond substituents is 1. The number of β-amino-alcohol motifs (C(OH)–C–C–N with tert-alkyl or cyclic N) is 1. The molecule has 2 saturated carbocycles. The highest BCUT2D eigenvalue weighted by Gasteiger charge is 2.51. The summed E-state index contributed by atoms with van der Waals surface area (Å²) in [7, 11) is 0. The summed E-state index contributed by atoms with van der Waals surface area (Å²) in [5, 5.41) is 23.6. The van der Waals surface area contributed by atoms with Crippen LogP contribution < -0.4 is 9.64 Å². The molecule has 4 aromatic rings. The van der Waals surface area contributed by atoms with E-state index < -0.39 is 11.4 Å². The van der Waals surface area contributed by atoms with Crippen molar-refractivity contribution in [2.45, 2.75) is 69.6 Å². The molecule has 2 aliphatic heterocycles. The molecule has 0 amide bonds. The number of anilines is 1. The summed E-state index contributed by atoms with van der Waals surface area (Å²) in [6.45, 7) is 4.57. The van der Waals surface area contributed by atoms with Crippen molar-refractivity contribution in [1.29, 1.82) is 0 Å². The number of pyridine rings is 1. The molecular formula is C35H39ClFN5O4. The molecule has 9 nitrogen and oxygen atoms in total. The first kappa shape index (κ1) is 30.1. The lowest BCUT2D eigenvalue weighted by molar-refractivity contribution is -0.0123. The number of halogens is 2. The van der Waals surface area contributed by atoms with Gasteiger partial charge in [-0.2, -0.15) is 9.97 Å². The van der Waals surface area contributed by atoms with Gasteiger partial charge in [0.2, 0.25) is 0 Å². The molecule has 0 radical (unpaired) electrons. The molecule has 0 spiro atoms. The van der Waals surface area contributed by atoms with Crippen LogP contribution in [0.2, 0.25) is 5.02 Å². The Morgan fingerprint density at radius 3 is 2.83 bits per heavy atom. The molecule has 0 bridgehead atoms. The van der Waals surface area contributed by atoms with E-state index in [1.165, 1.54) is 31.7 Å². The first-order valence-electron chi connectivity index (χ1n) is 16.4. The van der Waals surface area contributed by atoms with Gasteiger partial charge in [-0.25, -0.2) is 4.39 Å². The molecule has 2 aromatic heterocycles. The molecule has 11 heteroatoms. The van der Waals surface area contributed by atoms with E-state index in [4.69, 9.17) is 26.1 Å². The Hall–Kier alpha value is -3.31. The van der Waals surface area contributed by atoms with Gasteiger partial charge in [0, 0.05) is 46.2 Å².